The molecule has 0 aliphatic rings. The van der Waals surface area contributed by atoms with Gasteiger partial charge in [-0.1, -0.05) is 38.8 Å². The molecule has 0 amide bonds. The summed E-state index contributed by atoms with van der Waals surface area (Å²) < 4.78 is 5.54. The molecule has 1 rings (SSSR count). The minimum atomic E-state index is -0.787. The van der Waals surface area contributed by atoms with Crippen molar-refractivity contribution < 1.29 is 14.6 Å². The molecule has 1 aromatic carbocycles. The van der Waals surface area contributed by atoms with Gasteiger partial charge in [-0.25, -0.2) is 0 Å². The molecule has 3 heteroatoms. The topological polar surface area (TPSA) is 46.5 Å². The number of carboxylic acids is 1. The first kappa shape index (κ1) is 15.1. The van der Waals surface area contributed by atoms with Crippen LogP contribution in [0.3, 0.4) is 0 Å². The van der Waals surface area contributed by atoms with E-state index >= 15 is 0 Å². The number of terminal acetylenes is 1. The van der Waals surface area contributed by atoms with Crippen molar-refractivity contribution in [1.29, 1.82) is 0 Å². The lowest BCUT2D eigenvalue weighted by Crippen LogP contribution is -2.14. The fourth-order valence-electron chi connectivity index (χ4n) is 1.82. The Morgan fingerprint density at radius 3 is 2.63 bits per heavy atom. The van der Waals surface area contributed by atoms with Gasteiger partial charge in [0.2, 0.25) is 0 Å². The Hall–Kier alpha value is -1.95. The molecule has 3 nitrogen and oxygen atoms in total. The highest BCUT2D eigenvalue weighted by Gasteiger charge is 2.19. The van der Waals surface area contributed by atoms with E-state index in [-0.39, 0.29) is 18.4 Å². The van der Waals surface area contributed by atoms with E-state index < -0.39 is 5.97 Å². The highest BCUT2D eigenvalue weighted by molar-refractivity contribution is 5.67. The van der Waals surface area contributed by atoms with Crippen LogP contribution in [-0.2, 0) is 16.6 Å². The summed E-state index contributed by atoms with van der Waals surface area (Å²) in [6.45, 7) is 6.50. The van der Waals surface area contributed by atoms with Gasteiger partial charge in [-0.3, -0.25) is 4.79 Å². The molecule has 0 fully saturated rings. The summed E-state index contributed by atoms with van der Waals surface area (Å²) in [5, 5.41) is 8.73. The summed E-state index contributed by atoms with van der Waals surface area (Å²) in [4.78, 5) is 10.6. The van der Waals surface area contributed by atoms with Crippen LogP contribution in [0, 0.1) is 12.3 Å². The standard InChI is InChI=1S/C16H20O3/c1-5-10-19-14-8-6-12(7-9-15(17)18)11-13(14)16(2,3)4/h1,6,8,11H,7,9-10H2,2-4H3,(H,17,18). The molecule has 1 N–H and O–H groups in total. The van der Waals surface area contributed by atoms with E-state index in [0.717, 1.165) is 16.9 Å². The zero-order chi connectivity index (χ0) is 14.5. The van der Waals surface area contributed by atoms with Crippen molar-refractivity contribution in [2.24, 2.45) is 0 Å². The monoisotopic (exact) mass is 260 g/mol. The maximum atomic E-state index is 10.6. The Morgan fingerprint density at radius 1 is 1.42 bits per heavy atom. The third kappa shape index (κ3) is 4.67. The average molecular weight is 260 g/mol. The SMILES string of the molecule is C#CCOc1ccc(CCC(=O)O)cc1C(C)(C)C. The number of hydrogen-bond donors (Lipinski definition) is 1. The lowest BCUT2D eigenvalue weighted by molar-refractivity contribution is -0.136. The van der Waals surface area contributed by atoms with Crippen molar-refractivity contribution >= 4 is 5.97 Å². The quantitative estimate of drug-likeness (QED) is 0.828. The van der Waals surface area contributed by atoms with Gasteiger partial charge in [-0.2, -0.15) is 0 Å². The smallest absolute Gasteiger partial charge is 0.303 e. The summed E-state index contributed by atoms with van der Waals surface area (Å²) in [5.41, 5.74) is 1.97. The molecule has 102 valence electrons. The number of benzene rings is 1. The Kier molecular flexibility index (Phi) is 5.00. The summed E-state index contributed by atoms with van der Waals surface area (Å²) >= 11 is 0. The van der Waals surface area contributed by atoms with E-state index in [9.17, 15) is 4.79 Å². The van der Waals surface area contributed by atoms with Gasteiger partial charge in [-0.05, 0) is 29.0 Å². The first-order valence-corrected chi connectivity index (χ1v) is 6.26. The summed E-state index contributed by atoms with van der Waals surface area (Å²) in [6.07, 6.45) is 5.86. The van der Waals surface area contributed by atoms with Gasteiger partial charge < -0.3 is 9.84 Å². The van der Waals surface area contributed by atoms with Crippen LogP contribution in [0.4, 0.5) is 0 Å². The largest absolute Gasteiger partial charge is 0.481 e. The van der Waals surface area contributed by atoms with Crippen LogP contribution in [-0.4, -0.2) is 17.7 Å². The molecule has 0 bridgehead atoms. The molecule has 0 atom stereocenters. The molecule has 0 saturated heterocycles. The second-order valence-corrected chi connectivity index (χ2v) is 5.47. The van der Waals surface area contributed by atoms with Gasteiger partial charge in [0, 0.05) is 6.42 Å². The van der Waals surface area contributed by atoms with Crippen molar-refractivity contribution in [3.63, 3.8) is 0 Å². The van der Waals surface area contributed by atoms with Crippen molar-refractivity contribution in [2.75, 3.05) is 6.61 Å². The van der Waals surface area contributed by atoms with Gasteiger partial charge in [-0.15, -0.1) is 6.42 Å². The Labute approximate surface area is 114 Å². The van der Waals surface area contributed by atoms with E-state index in [1.807, 2.05) is 18.2 Å². The zero-order valence-corrected chi connectivity index (χ0v) is 11.7. The number of carboxylic acid groups (broad SMARTS) is 1. The van der Waals surface area contributed by atoms with Crippen molar-refractivity contribution in [3.8, 4) is 18.1 Å². The molecular weight excluding hydrogens is 240 g/mol. The third-order valence-electron chi connectivity index (χ3n) is 2.79. The number of aliphatic carboxylic acids is 1. The van der Waals surface area contributed by atoms with Crippen LogP contribution in [0.5, 0.6) is 5.75 Å². The molecule has 0 aliphatic heterocycles. The molecule has 0 heterocycles. The molecule has 19 heavy (non-hydrogen) atoms. The van der Waals surface area contributed by atoms with Crippen LogP contribution < -0.4 is 4.74 Å². The predicted molar refractivity (Wildman–Crippen MR) is 75.4 cm³/mol. The molecule has 0 spiro atoms. The Bertz CT molecular complexity index is 490. The molecule has 0 unspecified atom stereocenters. The van der Waals surface area contributed by atoms with Crippen LogP contribution in [0.2, 0.25) is 0 Å². The highest BCUT2D eigenvalue weighted by atomic mass is 16.5. The van der Waals surface area contributed by atoms with Crippen molar-refractivity contribution in [2.45, 2.75) is 39.0 Å². The molecule has 1 aromatic rings. The van der Waals surface area contributed by atoms with Gasteiger partial charge >= 0.3 is 5.97 Å². The molecule has 0 aliphatic carbocycles. The second-order valence-electron chi connectivity index (χ2n) is 5.47. The Morgan fingerprint density at radius 2 is 2.11 bits per heavy atom. The maximum absolute atomic E-state index is 10.6. The van der Waals surface area contributed by atoms with Gasteiger partial charge in [0.05, 0.1) is 0 Å². The molecule has 0 aromatic heterocycles. The van der Waals surface area contributed by atoms with Crippen LogP contribution >= 0.6 is 0 Å². The molecule has 0 saturated carbocycles. The first-order valence-electron chi connectivity index (χ1n) is 6.26. The third-order valence-corrected chi connectivity index (χ3v) is 2.79. The lowest BCUT2D eigenvalue weighted by Gasteiger charge is -2.23. The van der Waals surface area contributed by atoms with Crippen molar-refractivity contribution in [3.05, 3.63) is 29.3 Å². The first-order chi connectivity index (χ1) is 8.84. The molecule has 0 radical (unpaired) electrons. The van der Waals surface area contributed by atoms with Gasteiger partial charge in [0.25, 0.3) is 0 Å². The summed E-state index contributed by atoms with van der Waals surface area (Å²) in [5.74, 6) is 2.43. The maximum Gasteiger partial charge on any atom is 0.303 e. The number of hydrogen-bond acceptors (Lipinski definition) is 2. The van der Waals surface area contributed by atoms with Gasteiger partial charge in [0.1, 0.15) is 12.4 Å². The summed E-state index contributed by atoms with van der Waals surface area (Å²) in [6, 6.07) is 5.77. The van der Waals surface area contributed by atoms with E-state index in [1.54, 1.807) is 0 Å². The fourth-order valence-corrected chi connectivity index (χ4v) is 1.82. The number of carbonyl (C=O) groups is 1. The van der Waals surface area contributed by atoms with Crippen LogP contribution in [0.25, 0.3) is 0 Å². The highest BCUT2D eigenvalue weighted by Crippen LogP contribution is 2.32. The van der Waals surface area contributed by atoms with Crippen molar-refractivity contribution in [1.82, 2.24) is 0 Å². The number of ether oxygens (including phenoxy) is 1. The van der Waals surface area contributed by atoms with Crippen LogP contribution in [0.15, 0.2) is 18.2 Å². The van der Waals surface area contributed by atoms with Crippen LogP contribution in [0.1, 0.15) is 38.3 Å². The van der Waals surface area contributed by atoms with E-state index in [1.165, 1.54) is 0 Å². The minimum absolute atomic E-state index is 0.0802. The van der Waals surface area contributed by atoms with E-state index in [2.05, 4.69) is 26.7 Å². The Balaban J connectivity index is 3.02. The summed E-state index contributed by atoms with van der Waals surface area (Å²) in [7, 11) is 0. The minimum Gasteiger partial charge on any atom is -0.481 e. The zero-order valence-electron chi connectivity index (χ0n) is 11.7. The second kappa shape index (κ2) is 6.29. The lowest BCUT2D eigenvalue weighted by atomic mass is 9.85. The predicted octanol–water partition coefficient (Wildman–Crippen LogP) is 3.01. The number of rotatable bonds is 5. The normalized spacial score (nSPS) is 10.8. The number of aryl methyl sites for hydroxylation is 1. The van der Waals surface area contributed by atoms with Gasteiger partial charge in [0.15, 0.2) is 0 Å². The van der Waals surface area contributed by atoms with E-state index in [0.29, 0.717) is 6.42 Å². The van der Waals surface area contributed by atoms with E-state index in [4.69, 9.17) is 16.3 Å². The fraction of sp³-hybridized carbons (Fsp3) is 0.438. The molecular formula is C16H20O3. The average Bonchev–Trinajstić information content (AvgIpc) is 2.33.